The molecule has 2 aliphatic rings. The molecule has 0 bridgehead atoms. The van der Waals surface area contributed by atoms with Gasteiger partial charge in [0.2, 0.25) is 5.91 Å². The van der Waals surface area contributed by atoms with Crippen LogP contribution in [0.3, 0.4) is 0 Å². The van der Waals surface area contributed by atoms with Gasteiger partial charge in [0.25, 0.3) is 0 Å². The number of rotatable bonds is 0. The first-order chi connectivity index (χ1) is 6.71. The molecule has 1 saturated carbocycles. The number of benzene rings is 1. The zero-order chi connectivity index (χ0) is 9.76. The molecule has 3 nitrogen and oxygen atoms in total. The van der Waals surface area contributed by atoms with Crippen LogP contribution in [0.25, 0.3) is 0 Å². The summed E-state index contributed by atoms with van der Waals surface area (Å²) < 4.78 is 0. The lowest BCUT2D eigenvalue weighted by Gasteiger charge is -2.27. The van der Waals surface area contributed by atoms with Crippen LogP contribution in [-0.2, 0) is 4.79 Å². The van der Waals surface area contributed by atoms with E-state index in [0.29, 0.717) is 0 Å². The Balaban J connectivity index is 2.11. The number of fused-ring (bicyclic) bond motifs is 1. The molecule has 1 spiro atoms. The minimum atomic E-state index is -0.277. The molecule has 0 aromatic heterocycles. The Kier molecular flexibility index (Phi) is 1.29. The summed E-state index contributed by atoms with van der Waals surface area (Å²) in [6.07, 6.45) is 1.90. The van der Waals surface area contributed by atoms with Gasteiger partial charge in [-0.2, -0.15) is 0 Å². The van der Waals surface area contributed by atoms with Crippen molar-refractivity contribution in [2.75, 3.05) is 10.6 Å². The molecule has 72 valence electrons. The number of para-hydroxylation sites is 1. The van der Waals surface area contributed by atoms with Crippen molar-refractivity contribution in [2.24, 2.45) is 0 Å². The van der Waals surface area contributed by atoms with E-state index < -0.39 is 0 Å². The van der Waals surface area contributed by atoms with E-state index >= 15 is 0 Å². The first-order valence-corrected chi connectivity index (χ1v) is 4.91. The van der Waals surface area contributed by atoms with Crippen molar-refractivity contribution < 1.29 is 4.79 Å². The van der Waals surface area contributed by atoms with Crippen LogP contribution < -0.4 is 10.6 Å². The van der Waals surface area contributed by atoms with E-state index in [9.17, 15) is 4.79 Å². The summed E-state index contributed by atoms with van der Waals surface area (Å²) in [6.45, 7) is 2.01. The normalized spacial score (nSPS) is 21.1. The van der Waals surface area contributed by atoms with Crippen molar-refractivity contribution in [3.8, 4) is 0 Å². The average molecular weight is 188 g/mol. The van der Waals surface area contributed by atoms with Gasteiger partial charge in [0.05, 0.1) is 11.4 Å². The van der Waals surface area contributed by atoms with E-state index in [-0.39, 0.29) is 11.4 Å². The van der Waals surface area contributed by atoms with E-state index in [1.807, 2.05) is 25.1 Å². The fraction of sp³-hybridized carbons (Fsp3) is 0.364. The molecule has 1 aromatic rings. The number of aryl methyl sites for hydroxylation is 1. The van der Waals surface area contributed by atoms with Crippen molar-refractivity contribution in [3.63, 3.8) is 0 Å². The molecule has 2 N–H and O–H groups in total. The molecule has 3 heteroatoms. The highest BCUT2D eigenvalue weighted by Crippen LogP contribution is 2.45. The van der Waals surface area contributed by atoms with Crippen LogP contribution in [0.15, 0.2) is 18.2 Å². The summed E-state index contributed by atoms with van der Waals surface area (Å²) >= 11 is 0. The molecule has 1 heterocycles. The number of anilines is 2. The number of carbonyl (C=O) groups is 1. The second kappa shape index (κ2) is 2.29. The van der Waals surface area contributed by atoms with Crippen molar-refractivity contribution >= 4 is 17.3 Å². The lowest BCUT2D eigenvalue weighted by Crippen LogP contribution is -2.41. The molecule has 0 atom stereocenters. The van der Waals surface area contributed by atoms with Gasteiger partial charge in [-0.15, -0.1) is 0 Å². The van der Waals surface area contributed by atoms with Gasteiger partial charge in [-0.25, -0.2) is 0 Å². The van der Waals surface area contributed by atoms with Crippen LogP contribution in [0.1, 0.15) is 18.4 Å². The third kappa shape index (κ3) is 0.895. The third-order valence-corrected chi connectivity index (χ3v) is 3.07. The Labute approximate surface area is 82.5 Å². The second-order valence-corrected chi connectivity index (χ2v) is 4.16. The topological polar surface area (TPSA) is 41.1 Å². The zero-order valence-corrected chi connectivity index (χ0v) is 8.05. The van der Waals surface area contributed by atoms with Crippen LogP contribution in [-0.4, -0.2) is 11.4 Å². The van der Waals surface area contributed by atoms with E-state index in [4.69, 9.17) is 0 Å². The minimum Gasteiger partial charge on any atom is -0.370 e. The lowest BCUT2D eigenvalue weighted by molar-refractivity contribution is -0.117. The smallest absolute Gasteiger partial charge is 0.250 e. The van der Waals surface area contributed by atoms with Crippen LogP contribution in [0.4, 0.5) is 11.4 Å². The Hall–Kier alpha value is -1.51. The van der Waals surface area contributed by atoms with E-state index in [2.05, 4.69) is 10.6 Å². The van der Waals surface area contributed by atoms with Crippen molar-refractivity contribution in [3.05, 3.63) is 23.8 Å². The molecule has 1 aliphatic heterocycles. The summed E-state index contributed by atoms with van der Waals surface area (Å²) in [5.74, 6) is 0.124. The van der Waals surface area contributed by atoms with Gasteiger partial charge >= 0.3 is 0 Å². The highest BCUT2D eigenvalue weighted by atomic mass is 16.2. The number of hydrogen-bond acceptors (Lipinski definition) is 2. The van der Waals surface area contributed by atoms with Crippen molar-refractivity contribution in [2.45, 2.75) is 25.3 Å². The van der Waals surface area contributed by atoms with Gasteiger partial charge in [-0.3, -0.25) is 4.79 Å². The summed E-state index contributed by atoms with van der Waals surface area (Å²) in [7, 11) is 0. The largest absolute Gasteiger partial charge is 0.370 e. The third-order valence-electron chi connectivity index (χ3n) is 3.07. The fourth-order valence-corrected chi connectivity index (χ4v) is 1.96. The first-order valence-electron chi connectivity index (χ1n) is 4.91. The predicted octanol–water partition coefficient (Wildman–Crippen LogP) is 1.89. The van der Waals surface area contributed by atoms with Crippen LogP contribution in [0.2, 0.25) is 0 Å². The summed E-state index contributed by atoms with van der Waals surface area (Å²) in [5, 5.41) is 6.31. The van der Waals surface area contributed by atoms with Gasteiger partial charge in [-0.1, -0.05) is 12.1 Å². The molecule has 1 aliphatic carbocycles. The predicted molar refractivity (Wildman–Crippen MR) is 55.4 cm³/mol. The van der Waals surface area contributed by atoms with Crippen LogP contribution in [0.5, 0.6) is 0 Å². The lowest BCUT2D eigenvalue weighted by atomic mass is 10.1. The summed E-state index contributed by atoms with van der Waals surface area (Å²) in [6, 6.07) is 6.03. The maximum Gasteiger partial charge on any atom is 0.250 e. The molecule has 0 unspecified atom stereocenters. The maximum atomic E-state index is 11.7. The SMILES string of the molecule is Cc1cccc2c1NC(=O)C1(CC1)N2. The molecular formula is C11H12N2O. The summed E-state index contributed by atoms with van der Waals surface area (Å²) in [5.41, 5.74) is 2.83. The monoisotopic (exact) mass is 188 g/mol. The average Bonchev–Trinajstić information content (AvgIpc) is 2.91. The molecule has 0 saturated heterocycles. The van der Waals surface area contributed by atoms with Crippen LogP contribution in [0, 0.1) is 6.92 Å². The minimum absolute atomic E-state index is 0.124. The van der Waals surface area contributed by atoms with Crippen LogP contribution >= 0.6 is 0 Å². The van der Waals surface area contributed by atoms with Gasteiger partial charge in [-0.05, 0) is 31.4 Å². The highest BCUT2D eigenvalue weighted by Gasteiger charge is 2.52. The zero-order valence-electron chi connectivity index (χ0n) is 8.05. The second-order valence-electron chi connectivity index (χ2n) is 4.16. The van der Waals surface area contributed by atoms with Crippen molar-refractivity contribution in [1.29, 1.82) is 0 Å². The number of amides is 1. The van der Waals surface area contributed by atoms with Crippen molar-refractivity contribution in [1.82, 2.24) is 0 Å². The first kappa shape index (κ1) is 7.85. The van der Waals surface area contributed by atoms with E-state index in [1.54, 1.807) is 0 Å². The molecule has 0 radical (unpaired) electrons. The number of carbonyl (C=O) groups excluding carboxylic acids is 1. The quantitative estimate of drug-likeness (QED) is 0.652. The fourth-order valence-electron chi connectivity index (χ4n) is 1.96. The van der Waals surface area contributed by atoms with Gasteiger partial charge in [0.15, 0.2) is 0 Å². The molecule has 1 amide bonds. The molecule has 3 rings (SSSR count). The summed E-state index contributed by atoms with van der Waals surface area (Å²) in [4.78, 5) is 11.7. The number of nitrogens with one attached hydrogen (secondary N) is 2. The van der Waals surface area contributed by atoms with E-state index in [0.717, 1.165) is 29.8 Å². The molecule has 14 heavy (non-hydrogen) atoms. The Bertz CT molecular complexity index is 421. The van der Waals surface area contributed by atoms with E-state index in [1.165, 1.54) is 0 Å². The van der Waals surface area contributed by atoms with Gasteiger partial charge in [0.1, 0.15) is 5.54 Å². The molecular weight excluding hydrogens is 176 g/mol. The molecule has 1 aromatic carbocycles. The van der Waals surface area contributed by atoms with Gasteiger partial charge < -0.3 is 10.6 Å². The highest BCUT2D eigenvalue weighted by molar-refractivity contribution is 6.08. The van der Waals surface area contributed by atoms with Gasteiger partial charge in [0, 0.05) is 0 Å². The molecule has 1 fully saturated rings. The Morgan fingerprint density at radius 3 is 2.86 bits per heavy atom. The Morgan fingerprint density at radius 1 is 1.36 bits per heavy atom. The number of hydrogen-bond donors (Lipinski definition) is 2. The standard InChI is InChI=1S/C11H12N2O/c1-7-3-2-4-8-9(7)12-10(14)11(13-8)5-6-11/h2-4,13H,5-6H2,1H3,(H,12,14). The maximum absolute atomic E-state index is 11.7. The Morgan fingerprint density at radius 2 is 2.14 bits per heavy atom.